The molecular formula is C7H14IN. The van der Waals surface area contributed by atoms with Crippen molar-refractivity contribution in [3.63, 3.8) is 0 Å². The maximum Gasteiger partial charge on any atom is 0.0111 e. The summed E-state index contributed by atoms with van der Waals surface area (Å²) < 4.78 is 0.951. The molecule has 0 aromatic heterocycles. The lowest BCUT2D eigenvalue weighted by Crippen LogP contribution is -2.30. The van der Waals surface area contributed by atoms with Crippen LogP contribution in [0.1, 0.15) is 25.7 Å². The Morgan fingerprint density at radius 1 is 1.22 bits per heavy atom. The van der Waals surface area contributed by atoms with Crippen LogP contribution >= 0.6 is 22.6 Å². The van der Waals surface area contributed by atoms with Crippen LogP contribution in [0.15, 0.2) is 0 Å². The van der Waals surface area contributed by atoms with Crippen LogP contribution < -0.4 is 5.32 Å². The van der Waals surface area contributed by atoms with E-state index in [9.17, 15) is 0 Å². The number of nitrogens with one attached hydrogen (secondary N) is 1. The van der Waals surface area contributed by atoms with E-state index in [1.807, 2.05) is 0 Å². The molecule has 0 bridgehead atoms. The summed E-state index contributed by atoms with van der Waals surface area (Å²) in [6.45, 7) is 0. The lowest BCUT2D eigenvalue weighted by Gasteiger charge is -2.24. The Bertz CT molecular complexity index is 77.0. The van der Waals surface area contributed by atoms with Crippen LogP contribution in [0.3, 0.4) is 0 Å². The Hall–Kier alpha value is 0.690. The van der Waals surface area contributed by atoms with Gasteiger partial charge < -0.3 is 5.32 Å². The quantitative estimate of drug-likeness (QED) is 0.544. The average molecular weight is 239 g/mol. The van der Waals surface area contributed by atoms with Gasteiger partial charge in [0.25, 0.3) is 0 Å². The smallest absolute Gasteiger partial charge is 0.0111 e. The van der Waals surface area contributed by atoms with E-state index < -0.39 is 0 Å². The van der Waals surface area contributed by atoms with E-state index >= 15 is 0 Å². The van der Waals surface area contributed by atoms with Gasteiger partial charge in [-0.05, 0) is 32.7 Å². The Morgan fingerprint density at radius 3 is 2.22 bits per heavy atom. The monoisotopic (exact) mass is 239 g/mol. The molecule has 0 amide bonds. The fourth-order valence-electron chi connectivity index (χ4n) is 1.34. The maximum absolute atomic E-state index is 3.32. The molecule has 0 aromatic rings. The van der Waals surface area contributed by atoms with Gasteiger partial charge >= 0.3 is 0 Å². The van der Waals surface area contributed by atoms with Gasteiger partial charge in [-0.3, -0.25) is 0 Å². The fraction of sp³-hybridized carbons (Fsp3) is 1.00. The topological polar surface area (TPSA) is 12.0 Å². The molecule has 54 valence electrons. The minimum absolute atomic E-state index is 0.816. The largest absolute Gasteiger partial charge is 0.317 e. The Balaban J connectivity index is 2.18. The molecule has 1 aliphatic carbocycles. The predicted octanol–water partition coefficient (Wildman–Crippen LogP) is 1.95. The summed E-state index contributed by atoms with van der Waals surface area (Å²) in [5, 5.41) is 3.32. The second kappa shape index (κ2) is 3.76. The molecular weight excluding hydrogens is 225 g/mol. The first-order valence-electron chi connectivity index (χ1n) is 3.64. The highest BCUT2D eigenvalue weighted by Gasteiger charge is 2.16. The second-order valence-electron chi connectivity index (χ2n) is 2.74. The van der Waals surface area contributed by atoms with Crippen molar-refractivity contribution in [3.05, 3.63) is 0 Å². The molecule has 1 fully saturated rings. The summed E-state index contributed by atoms with van der Waals surface area (Å²) in [5.74, 6) is 0. The minimum Gasteiger partial charge on any atom is -0.317 e. The van der Waals surface area contributed by atoms with Crippen molar-refractivity contribution < 1.29 is 0 Å². The third kappa shape index (κ3) is 2.42. The first-order valence-corrected chi connectivity index (χ1v) is 4.89. The molecule has 1 rings (SSSR count). The number of alkyl halides is 1. The van der Waals surface area contributed by atoms with Crippen molar-refractivity contribution in [1.82, 2.24) is 5.32 Å². The van der Waals surface area contributed by atoms with Crippen molar-refractivity contribution >= 4 is 22.6 Å². The highest BCUT2D eigenvalue weighted by Crippen LogP contribution is 2.24. The van der Waals surface area contributed by atoms with E-state index in [1.54, 1.807) is 0 Å². The normalized spacial score (nSPS) is 36.7. The molecule has 2 heteroatoms. The molecule has 1 nitrogen and oxygen atoms in total. The SMILES string of the molecule is CNC1CCC(I)CC1. The van der Waals surface area contributed by atoms with Crippen LogP contribution in [0.2, 0.25) is 0 Å². The summed E-state index contributed by atoms with van der Waals surface area (Å²) in [5.41, 5.74) is 0. The van der Waals surface area contributed by atoms with E-state index in [0.717, 1.165) is 9.97 Å². The molecule has 0 heterocycles. The second-order valence-corrected chi connectivity index (χ2v) is 4.50. The van der Waals surface area contributed by atoms with E-state index in [4.69, 9.17) is 0 Å². The summed E-state index contributed by atoms with van der Waals surface area (Å²) in [6.07, 6.45) is 5.58. The first kappa shape index (κ1) is 7.79. The van der Waals surface area contributed by atoms with Crippen molar-refractivity contribution in [2.24, 2.45) is 0 Å². The Labute approximate surface area is 70.7 Å². The van der Waals surface area contributed by atoms with Crippen LogP contribution in [0, 0.1) is 0 Å². The van der Waals surface area contributed by atoms with Gasteiger partial charge in [0.05, 0.1) is 0 Å². The zero-order valence-electron chi connectivity index (χ0n) is 5.86. The van der Waals surface area contributed by atoms with Gasteiger partial charge in [0, 0.05) is 9.97 Å². The van der Waals surface area contributed by atoms with Crippen molar-refractivity contribution in [3.8, 4) is 0 Å². The van der Waals surface area contributed by atoms with E-state index in [1.165, 1.54) is 25.7 Å². The molecule has 0 aromatic carbocycles. The highest BCUT2D eigenvalue weighted by molar-refractivity contribution is 14.1. The maximum atomic E-state index is 3.32. The van der Waals surface area contributed by atoms with Gasteiger partial charge in [-0.15, -0.1) is 0 Å². The Kier molecular flexibility index (Phi) is 3.26. The zero-order valence-corrected chi connectivity index (χ0v) is 8.02. The minimum atomic E-state index is 0.816. The van der Waals surface area contributed by atoms with Crippen LogP contribution in [-0.4, -0.2) is 17.0 Å². The molecule has 9 heavy (non-hydrogen) atoms. The fourth-order valence-corrected chi connectivity index (χ4v) is 2.06. The molecule has 0 spiro atoms. The molecule has 0 aliphatic heterocycles. The van der Waals surface area contributed by atoms with Crippen LogP contribution in [0.25, 0.3) is 0 Å². The zero-order chi connectivity index (χ0) is 6.69. The van der Waals surface area contributed by atoms with Crippen LogP contribution in [-0.2, 0) is 0 Å². The first-order chi connectivity index (χ1) is 4.33. The highest BCUT2D eigenvalue weighted by atomic mass is 127. The van der Waals surface area contributed by atoms with Crippen LogP contribution in [0.5, 0.6) is 0 Å². The van der Waals surface area contributed by atoms with Gasteiger partial charge in [0.1, 0.15) is 0 Å². The molecule has 1 saturated carbocycles. The van der Waals surface area contributed by atoms with Gasteiger partial charge in [-0.25, -0.2) is 0 Å². The van der Waals surface area contributed by atoms with Crippen molar-refractivity contribution in [2.75, 3.05) is 7.05 Å². The van der Waals surface area contributed by atoms with E-state index in [0.29, 0.717) is 0 Å². The molecule has 1 N–H and O–H groups in total. The lowest BCUT2D eigenvalue weighted by atomic mass is 9.96. The summed E-state index contributed by atoms with van der Waals surface area (Å²) >= 11 is 2.56. The van der Waals surface area contributed by atoms with Gasteiger partial charge in [0.2, 0.25) is 0 Å². The molecule has 0 radical (unpaired) electrons. The number of hydrogen-bond acceptors (Lipinski definition) is 1. The van der Waals surface area contributed by atoms with E-state index in [2.05, 4.69) is 35.0 Å². The third-order valence-electron chi connectivity index (χ3n) is 2.06. The number of hydrogen-bond donors (Lipinski definition) is 1. The number of halogens is 1. The van der Waals surface area contributed by atoms with Crippen molar-refractivity contribution in [2.45, 2.75) is 35.6 Å². The van der Waals surface area contributed by atoms with Gasteiger partial charge in [-0.2, -0.15) is 0 Å². The molecule has 0 saturated heterocycles. The predicted molar refractivity (Wildman–Crippen MR) is 49.1 cm³/mol. The van der Waals surface area contributed by atoms with Crippen LogP contribution in [0.4, 0.5) is 0 Å². The molecule has 1 aliphatic rings. The standard InChI is InChI=1S/C7H14IN/c1-9-7-4-2-6(8)3-5-7/h6-7,9H,2-5H2,1H3. The van der Waals surface area contributed by atoms with Gasteiger partial charge in [-0.1, -0.05) is 22.6 Å². The number of rotatable bonds is 1. The lowest BCUT2D eigenvalue weighted by molar-refractivity contribution is 0.408. The third-order valence-corrected chi connectivity index (χ3v) is 3.31. The summed E-state index contributed by atoms with van der Waals surface area (Å²) in [6, 6.07) is 0.816. The van der Waals surface area contributed by atoms with E-state index in [-0.39, 0.29) is 0 Å². The average Bonchev–Trinajstić information content (AvgIpc) is 1.90. The van der Waals surface area contributed by atoms with Crippen molar-refractivity contribution in [1.29, 1.82) is 0 Å². The molecule has 0 unspecified atom stereocenters. The Morgan fingerprint density at radius 2 is 1.78 bits per heavy atom. The summed E-state index contributed by atoms with van der Waals surface area (Å²) in [7, 11) is 2.07. The molecule has 0 atom stereocenters. The van der Waals surface area contributed by atoms with Gasteiger partial charge in [0.15, 0.2) is 0 Å². The summed E-state index contributed by atoms with van der Waals surface area (Å²) in [4.78, 5) is 0.